The fourth-order valence-corrected chi connectivity index (χ4v) is 4.23. The van der Waals surface area contributed by atoms with Crippen molar-refractivity contribution < 1.29 is 4.39 Å². The Balaban J connectivity index is 1.37. The third-order valence-electron chi connectivity index (χ3n) is 6.33. The third kappa shape index (κ3) is 4.89. The van der Waals surface area contributed by atoms with Crippen LogP contribution >= 0.6 is 0 Å². The van der Waals surface area contributed by atoms with Crippen molar-refractivity contribution in [2.75, 3.05) is 18.5 Å². The lowest BCUT2D eigenvalue weighted by atomic mass is 10.1. The van der Waals surface area contributed by atoms with E-state index in [0.29, 0.717) is 50.0 Å². The maximum atomic E-state index is 13.4. The number of halogens is 1. The lowest BCUT2D eigenvalue weighted by Crippen LogP contribution is -2.32. The number of H-pyrrole nitrogens is 1. The Labute approximate surface area is 201 Å². The third-order valence-corrected chi connectivity index (χ3v) is 6.33. The van der Waals surface area contributed by atoms with E-state index in [2.05, 4.69) is 49.4 Å². The molecule has 1 N–H and O–H groups in total. The summed E-state index contributed by atoms with van der Waals surface area (Å²) in [5, 5.41) is 16.3. The van der Waals surface area contributed by atoms with Crippen molar-refractivity contribution in [3.63, 3.8) is 0 Å². The number of aromatic amines is 1. The van der Waals surface area contributed by atoms with Crippen LogP contribution in [0.3, 0.4) is 0 Å². The monoisotopic (exact) mass is 472 g/mol. The highest BCUT2D eigenvalue weighted by atomic mass is 19.1. The molecule has 1 fully saturated rings. The SMILES string of the molecule is CN(CCCc1ncc(F)cn1)c1nc2n[nH]c(C#N)c2c(=O)n1CCc1ccc(C2CC2)cc1. The minimum atomic E-state index is -0.467. The number of nitriles is 1. The zero-order valence-corrected chi connectivity index (χ0v) is 19.4. The quantitative estimate of drug-likeness (QED) is 0.398. The molecular formula is C25H25FN8O. The highest BCUT2D eigenvalue weighted by Crippen LogP contribution is 2.39. The number of nitrogens with one attached hydrogen (secondary N) is 1. The molecule has 0 spiro atoms. The van der Waals surface area contributed by atoms with Gasteiger partial charge in [-0.1, -0.05) is 24.3 Å². The maximum absolute atomic E-state index is 13.4. The summed E-state index contributed by atoms with van der Waals surface area (Å²) in [5.41, 5.74) is 2.55. The van der Waals surface area contributed by atoms with Crippen LogP contribution in [0.1, 0.15) is 47.8 Å². The molecule has 0 atom stereocenters. The molecule has 1 aromatic carbocycles. The Kier molecular flexibility index (Phi) is 6.23. The van der Waals surface area contributed by atoms with E-state index in [4.69, 9.17) is 0 Å². The zero-order chi connectivity index (χ0) is 24.4. The molecule has 0 amide bonds. The molecule has 1 aliphatic carbocycles. The minimum absolute atomic E-state index is 0.114. The number of hydrogen-bond donors (Lipinski definition) is 1. The van der Waals surface area contributed by atoms with Crippen LogP contribution in [0.5, 0.6) is 0 Å². The standard InChI is InChI=1S/C25H25FN8O/c1-33(11-2-3-21-28-14-19(26)15-29-21)25-30-23-22(20(13-27)31-32-23)24(35)34(25)12-10-16-4-6-17(7-5-16)18-8-9-18/h4-7,14-15,18H,2-3,8-12H2,1H3,(H,31,32). The average Bonchev–Trinajstić information content (AvgIpc) is 3.64. The molecule has 1 saturated carbocycles. The van der Waals surface area contributed by atoms with Crippen LogP contribution in [-0.4, -0.2) is 43.3 Å². The summed E-state index contributed by atoms with van der Waals surface area (Å²) < 4.78 is 14.7. The topological polar surface area (TPSA) is 116 Å². The molecule has 0 bridgehead atoms. The van der Waals surface area contributed by atoms with Gasteiger partial charge in [0.15, 0.2) is 17.2 Å². The lowest BCUT2D eigenvalue weighted by Gasteiger charge is -2.22. The van der Waals surface area contributed by atoms with E-state index in [-0.39, 0.29) is 22.3 Å². The first-order chi connectivity index (χ1) is 17.0. The fourth-order valence-electron chi connectivity index (χ4n) is 4.23. The first-order valence-corrected chi connectivity index (χ1v) is 11.7. The van der Waals surface area contributed by atoms with Gasteiger partial charge in [0.2, 0.25) is 5.95 Å². The van der Waals surface area contributed by atoms with Gasteiger partial charge in [0.1, 0.15) is 17.3 Å². The largest absolute Gasteiger partial charge is 0.345 e. The van der Waals surface area contributed by atoms with Crippen LogP contribution in [0.15, 0.2) is 41.5 Å². The van der Waals surface area contributed by atoms with E-state index >= 15 is 0 Å². The van der Waals surface area contributed by atoms with Gasteiger partial charge in [-0.15, -0.1) is 0 Å². The van der Waals surface area contributed by atoms with Crippen LogP contribution in [0.2, 0.25) is 0 Å². The Bertz CT molecular complexity index is 1430. The van der Waals surface area contributed by atoms with Gasteiger partial charge in [0, 0.05) is 26.6 Å². The zero-order valence-electron chi connectivity index (χ0n) is 19.4. The number of rotatable bonds is 9. The van der Waals surface area contributed by atoms with Crippen molar-refractivity contribution in [1.82, 2.24) is 29.7 Å². The van der Waals surface area contributed by atoms with Crippen molar-refractivity contribution in [2.24, 2.45) is 0 Å². The Morgan fingerprint density at radius 3 is 2.63 bits per heavy atom. The molecule has 4 aromatic rings. The second-order valence-electron chi connectivity index (χ2n) is 8.89. The number of benzene rings is 1. The normalized spacial score (nSPS) is 13.2. The molecule has 0 unspecified atom stereocenters. The van der Waals surface area contributed by atoms with Crippen molar-refractivity contribution in [1.29, 1.82) is 5.26 Å². The molecule has 10 heteroatoms. The number of anilines is 1. The van der Waals surface area contributed by atoms with Crippen molar-refractivity contribution >= 4 is 17.0 Å². The smallest absolute Gasteiger partial charge is 0.267 e. The number of hydrogen-bond acceptors (Lipinski definition) is 7. The molecule has 5 rings (SSSR count). The highest BCUT2D eigenvalue weighted by molar-refractivity contribution is 5.80. The summed E-state index contributed by atoms with van der Waals surface area (Å²) in [6.45, 7) is 0.992. The summed E-state index contributed by atoms with van der Waals surface area (Å²) in [6, 6.07) is 10.6. The first kappa shape index (κ1) is 22.7. The number of aryl methyl sites for hydroxylation is 2. The van der Waals surface area contributed by atoms with Crippen LogP contribution < -0.4 is 10.5 Å². The van der Waals surface area contributed by atoms with E-state index in [9.17, 15) is 14.4 Å². The minimum Gasteiger partial charge on any atom is -0.345 e. The van der Waals surface area contributed by atoms with E-state index in [1.165, 1.54) is 18.4 Å². The maximum Gasteiger partial charge on any atom is 0.267 e. The summed E-state index contributed by atoms with van der Waals surface area (Å²) in [5.74, 6) is 1.27. The molecule has 178 valence electrons. The van der Waals surface area contributed by atoms with Gasteiger partial charge >= 0.3 is 0 Å². The van der Waals surface area contributed by atoms with Gasteiger partial charge in [0.05, 0.1) is 12.4 Å². The second-order valence-corrected chi connectivity index (χ2v) is 8.89. The molecule has 3 aromatic heterocycles. The van der Waals surface area contributed by atoms with Crippen LogP contribution in [0.25, 0.3) is 11.0 Å². The van der Waals surface area contributed by atoms with Gasteiger partial charge in [-0.05, 0) is 42.7 Å². The molecule has 9 nitrogen and oxygen atoms in total. The van der Waals surface area contributed by atoms with Gasteiger partial charge in [-0.25, -0.2) is 14.4 Å². The molecule has 0 saturated heterocycles. The summed E-state index contributed by atoms with van der Waals surface area (Å²) >= 11 is 0. The van der Waals surface area contributed by atoms with Crippen LogP contribution in [0.4, 0.5) is 10.3 Å². The van der Waals surface area contributed by atoms with Gasteiger partial charge in [-0.2, -0.15) is 15.3 Å². The molecular weight excluding hydrogens is 447 g/mol. The molecule has 3 heterocycles. The average molecular weight is 473 g/mol. The number of nitrogens with zero attached hydrogens (tertiary/aromatic N) is 7. The molecule has 0 aliphatic heterocycles. The lowest BCUT2D eigenvalue weighted by molar-refractivity contribution is 0.604. The van der Waals surface area contributed by atoms with E-state index in [1.54, 1.807) is 4.57 Å². The van der Waals surface area contributed by atoms with E-state index < -0.39 is 5.82 Å². The van der Waals surface area contributed by atoms with E-state index in [1.807, 2.05) is 18.0 Å². The van der Waals surface area contributed by atoms with Gasteiger partial charge in [-0.3, -0.25) is 14.5 Å². The Hall–Kier alpha value is -4.13. The summed E-state index contributed by atoms with van der Waals surface area (Å²) in [7, 11) is 1.86. The van der Waals surface area contributed by atoms with Crippen molar-refractivity contribution in [3.05, 3.63) is 75.5 Å². The number of fused-ring (bicyclic) bond motifs is 1. The van der Waals surface area contributed by atoms with Gasteiger partial charge in [0.25, 0.3) is 5.56 Å². The van der Waals surface area contributed by atoms with E-state index in [0.717, 1.165) is 18.0 Å². The fraction of sp³-hybridized carbons (Fsp3) is 0.360. The molecule has 35 heavy (non-hydrogen) atoms. The van der Waals surface area contributed by atoms with Crippen LogP contribution in [-0.2, 0) is 19.4 Å². The van der Waals surface area contributed by atoms with Gasteiger partial charge < -0.3 is 4.90 Å². The summed E-state index contributed by atoms with van der Waals surface area (Å²) in [4.78, 5) is 27.9. The van der Waals surface area contributed by atoms with Crippen molar-refractivity contribution in [3.8, 4) is 6.07 Å². The molecule has 1 aliphatic rings. The van der Waals surface area contributed by atoms with Crippen molar-refractivity contribution in [2.45, 2.75) is 44.6 Å². The second kappa shape index (κ2) is 9.62. The first-order valence-electron chi connectivity index (χ1n) is 11.7. The molecule has 0 radical (unpaired) electrons. The predicted octanol–water partition coefficient (Wildman–Crippen LogP) is 3.11. The number of aromatic nitrogens is 6. The highest BCUT2D eigenvalue weighted by Gasteiger charge is 2.23. The summed E-state index contributed by atoms with van der Waals surface area (Å²) in [6.07, 6.45) is 6.72. The Morgan fingerprint density at radius 2 is 1.94 bits per heavy atom. The Morgan fingerprint density at radius 1 is 1.20 bits per heavy atom. The van der Waals surface area contributed by atoms with Crippen LogP contribution in [0, 0.1) is 17.1 Å². The predicted molar refractivity (Wildman–Crippen MR) is 129 cm³/mol.